The van der Waals surface area contributed by atoms with E-state index in [1.807, 2.05) is 24.3 Å². The number of hydrogen-bond donors (Lipinski definition) is 2. The molecule has 6 heteroatoms. The smallest absolute Gasteiger partial charge is 0.303 e. The van der Waals surface area contributed by atoms with E-state index in [1.54, 1.807) is 25.2 Å². The van der Waals surface area contributed by atoms with Crippen molar-refractivity contribution in [3.8, 4) is 0 Å². The van der Waals surface area contributed by atoms with E-state index in [4.69, 9.17) is 5.11 Å². The fourth-order valence-corrected chi connectivity index (χ4v) is 3.27. The fourth-order valence-electron chi connectivity index (χ4n) is 2.30. The van der Waals surface area contributed by atoms with E-state index in [1.165, 1.54) is 0 Å². The number of carbonyl (C=O) groups excluding carboxylic acids is 1. The van der Waals surface area contributed by atoms with Gasteiger partial charge in [0.1, 0.15) is 0 Å². The SMILES string of the molecule is CC(C)(CC(=O)O)CC(=O)NCCc1nc2ccccc2s1. The Kier molecular flexibility index (Phi) is 5.13. The van der Waals surface area contributed by atoms with E-state index in [2.05, 4.69) is 10.3 Å². The number of nitrogens with zero attached hydrogens (tertiary/aromatic N) is 1. The van der Waals surface area contributed by atoms with Crippen molar-refractivity contribution in [1.29, 1.82) is 0 Å². The van der Waals surface area contributed by atoms with E-state index in [-0.39, 0.29) is 18.7 Å². The molecular weight excluding hydrogens is 300 g/mol. The van der Waals surface area contributed by atoms with Crippen LogP contribution in [0.25, 0.3) is 10.2 Å². The summed E-state index contributed by atoms with van der Waals surface area (Å²) in [5.41, 5.74) is 0.447. The molecule has 118 valence electrons. The minimum absolute atomic E-state index is 0.0156. The first-order valence-electron chi connectivity index (χ1n) is 7.19. The standard InChI is InChI=1S/C16H20N2O3S/c1-16(2,10-15(20)21)9-13(19)17-8-7-14-18-11-5-3-4-6-12(11)22-14/h3-6H,7-10H2,1-2H3,(H,17,19)(H,20,21). The van der Waals surface area contributed by atoms with E-state index in [9.17, 15) is 9.59 Å². The van der Waals surface area contributed by atoms with Gasteiger partial charge in [-0.3, -0.25) is 9.59 Å². The number of carbonyl (C=O) groups is 2. The monoisotopic (exact) mass is 320 g/mol. The van der Waals surface area contributed by atoms with Crippen LogP contribution in [-0.2, 0) is 16.0 Å². The normalized spacial score (nSPS) is 11.5. The van der Waals surface area contributed by atoms with Gasteiger partial charge in [0, 0.05) is 19.4 Å². The van der Waals surface area contributed by atoms with Crippen LogP contribution in [0.4, 0.5) is 0 Å². The van der Waals surface area contributed by atoms with Gasteiger partial charge in [-0.05, 0) is 17.5 Å². The van der Waals surface area contributed by atoms with Gasteiger partial charge in [-0.15, -0.1) is 11.3 Å². The average molecular weight is 320 g/mol. The molecule has 1 amide bonds. The van der Waals surface area contributed by atoms with Gasteiger partial charge in [-0.25, -0.2) is 4.98 Å². The van der Waals surface area contributed by atoms with Crippen molar-refractivity contribution in [2.75, 3.05) is 6.54 Å². The zero-order valence-corrected chi connectivity index (χ0v) is 13.6. The average Bonchev–Trinajstić information content (AvgIpc) is 2.78. The Morgan fingerprint density at radius 3 is 2.68 bits per heavy atom. The van der Waals surface area contributed by atoms with E-state index < -0.39 is 11.4 Å². The predicted octanol–water partition coefficient (Wildman–Crippen LogP) is 2.85. The number of aromatic nitrogens is 1. The first-order chi connectivity index (χ1) is 10.4. The van der Waals surface area contributed by atoms with Crippen LogP contribution >= 0.6 is 11.3 Å². The van der Waals surface area contributed by atoms with Crippen molar-refractivity contribution in [1.82, 2.24) is 10.3 Å². The molecule has 1 aromatic heterocycles. The van der Waals surface area contributed by atoms with E-state index in [0.29, 0.717) is 13.0 Å². The number of nitrogens with one attached hydrogen (secondary N) is 1. The molecule has 0 aliphatic heterocycles. The van der Waals surface area contributed by atoms with E-state index in [0.717, 1.165) is 15.2 Å². The van der Waals surface area contributed by atoms with Crippen LogP contribution in [-0.4, -0.2) is 28.5 Å². The maximum atomic E-state index is 11.9. The minimum Gasteiger partial charge on any atom is -0.481 e. The third kappa shape index (κ3) is 4.80. The molecule has 2 N–H and O–H groups in total. The van der Waals surface area contributed by atoms with Crippen LogP contribution in [0, 0.1) is 5.41 Å². The van der Waals surface area contributed by atoms with Crippen LogP contribution in [0.3, 0.4) is 0 Å². The van der Waals surface area contributed by atoms with Crippen molar-refractivity contribution in [2.45, 2.75) is 33.1 Å². The molecule has 0 radical (unpaired) electrons. The molecule has 0 aliphatic rings. The number of carboxylic acid groups (broad SMARTS) is 1. The van der Waals surface area contributed by atoms with Gasteiger partial charge in [0.15, 0.2) is 0 Å². The molecule has 1 heterocycles. The number of thiazole rings is 1. The number of fused-ring (bicyclic) bond motifs is 1. The number of benzene rings is 1. The molecule has 0 bridgehead atoms. The largest absolute Gasteiger partial charge is 0.481 e. The Bertz CT molecular complexity index is 646. The van der Waals surface area contributed by atoms with Crippen molar-refractivity contribution < 1.29 is 14.7 Å². The molecule has 0 saturated carbocycles. The summed E-state index contributed by atoms with van der Waals surface area (Å²) in [6.07, 6.45) is 0.877. The Labute approximate surface area is 133 Å². The first kappa shape index (κ1) is 16.4. The maximum absolute atomic E-state index is 11.9. The lowest BCUT2D eigenvalue weighted by molar-refractivity contribution is -0.139. The zero-order chi connectivity index (χ0) is 16.2. The summed E-state index contributed by atoms with van der Waals surface area (Å²) in [4.78, 5) is 27.1. The van der Waals surface area contributed by atoms with Gasteiger partial charge in [0.25, 0.3) is 0 Å². The van der Waals surface area contributed by atoms with E-state index >= 15 is 0 Å². The van der Waals surface area contributed by atoms with Gasteiger partial charge in [-0.2, -0.15) is 0 Å². The second-order valence-corrected chi connectivity index (χ2v) is 7.20. The number of hydrogen-bond acceptors (Lipinski definition) is 4. The highest BCUT2D eigenvalue weighted by Gasteiger charge is 2.24. The van der Waals surface area contributed by atoms with Crippen LogP contribution in [0.5, 0.6) is 0 Å². The second-order valence-electron chi connectivity index (χ2n) is 6.09. The van der Waals surface area contributed by atoms with Gasteiger partial charge < -0.3 is 10.4 Å². The summed E-state index contributed by atoms with van der Waals surface area (Å²) in [7, 11) is 0. The molecule has 0 unspecified atom stereocenters. The Morgan fingerprint density at radius 2 is 2.00 bits per heavy atom. The molecule has 0 atom stereocenters. The summed E-state index contributed by atoms with van der Waals surface area (Å²) in [5.74, 6) is -1.00. The molecule has 0 aliphatic carbocycles. The number of aliphatic carboxylic acids is 1. The zero-order valence-electron chi connectivity index (χ0n) is 12.8. The number of rotatable bonds is 7. The van der Waals surface area contributed by atoms with Crippen LogP contribution in [0.1, 0.15) is 31.7 Å². The lowest BCUT2D eigenvalue weighted by Crippen LogP contribution is -2.31. The molecule has 0 fully saturated rings. The number of carboxylic acids is 1. The highest BCUT2D eigenvalue weighted by molar-refractivity contribution is 7.18. The summed E-state index contributed by atoms with van der Waals surface area (Å²) < 4.78 is 1.14. The Balaban J connectivity index is 1.80. The molecule has 0 spiro atoms. The van der Waals surface area contributed by atoms with Crippen molar-refractivity contribution in [3.05, 3.63) is 29.3 Å². The molecule has 0 saturated heterocycles. The Hall–Kier alpha value is -1.95. The minimum atomic E-state index is -0.882. The van der Waals surface area contributed by atoms with Crippen molar-refractivity contribution in [3.63, 3.8) is 0 Å². The topological polar surface area (TPSA) is 79.3 Å². The van der Waals surface area contributed by atoms with Gasteiger partial charge in [0.2, 0.25) is 5.91 Å². The van der Waals surface area contributed by atoms with Gasteiger partial charge >= 0.3 is 5.97 Å². The summed E-state index contributed by atoms with van der Waals surface area (Å²) >= 11 is 1.63. The third-order valence-corrected chi connectivity index (χ3v) is 4.36. The van der Waals surface area contributed by atoms with Crippen molar-refractivity contribution in [2.24, 2.45) is 5.41 Å². The highest BCUT2D eigenvalue weighted by Crippen LogP contribution is 2.25. The molecule has 1 aromatic carbocycles. The van der Waals surface area contributed by atoms with Crippen LogP contribution < -0.4 is 5.32 Å². The summed E-state index contributed by atoms with van der Waals surface area (Å²) in [5, 5.41) is 12.6. The molecular formula is C16H20N2O3S. The molecule has 5 nitrogen and oxygen atoms in total. The first-order valence-corrected chi connectivity index (χ1v) is 8.00. The van der Waals surface area contributed by atoms with Gasteiger partial charge in [0.05, 0.1) is 21.6 Å². The number of para-hydroxylation sites is 1. The highest BCUT2D eigenvalue weighted by atomic mass is 32.1. The summed E-state index contributed by atoms with van der Waals surface area (Å²) in [6, 6.07) is 7.95. The second kappa shape index (κ2) is 6.87. The molecule has 2 aromatic rings. The van der Waals surface area contributed by atoms with Crippen LogP contribution in [0.15, 0.2) is 24.3 Å². The third-order valence-electron chi connectivity index (χ3n) is 3.27. The van der Waals surface area contributed by atoms with Crippen LogP contribution in [0.2, 0.25) is 0 Å². The Morgan fingerprint density at radius 1 is 1.27 bits per heavy atom. The maximum Gasteiger partial charge on any atom is 0.303 e. The lowest BCUT2D eigenvalue weighted by atomic mass is 9.85. The summed E-state index contributed by atoms with van der Waals surface area (Å²) in [6.45, 7) is 4.09. The lowest BCUT2D eigenvalue weighted by Gasteiger charge is -2.21. The molecule has 2 rings (SSSR count). The van der Waals surface area contributed by atoms with Gasteiger partial charge in [-0.1, -0.05) is 26.0 Å². The molecule has 22 heavy (non-hydrogen) atoms. The quantitative estimate of drug-likeness (QED) is 0.822. The predicted molar refractivity (Wildman–Crippen MR) is 87.0 cm³/mol. The number of amides is 1. The fraction of sp³-hybridized carbons (Fsp3) is 0.438. The van der Waals surface area contributed by atoms with Crippen molar-refractivity contribution >= 4 is 33.4 Å².